The van der Waals surface area contributed by atoms with E-state index in [1.165, 1.54) is 0 Å². The predicted octanol–water partition coefficient (Wildman–Crippen LogP) is 6.61. The number of rotatable bonds is 1. The van der Waals surface area contributed by atoms with Gasteiger partial charge in [0.15, 0.2) is 40.7 Å². The Kier molecular flexibility index (Phi) is 4.94. The molecule has 10 heteroatoms. The van der Waals surface area contributed by atoms with E-state index in [1.807, 2.05) is 0 Å². The van der Waals surface area contributed by atoms with Crippen molar-refractivity contribution < 1.29 is 30.7 Å². The molecule has 0 aliphatic carbocycles. The van der Waals surface area contributed by atoms with E-state index < -0.39 is 65.3 Å². The van der Waals surface area contributed by atoms with Gasteiger partial charge in [-0.1, -0.05) is 0 Å². The molecule has 118 valence electrons. The lowest BCUT2D eigenvalue weighted by Gasteiger charge is -2.14. The normalized spacial score (nSPS) is 11.2. The first-order valence-corrected chi connectivity index (χ1v) is 7.52. The number of hydrogen-bond acceptors (Lipinski definition) is 0. The van der Waals surface area contributed by atoms with Gasteiger partial charge in [-0.15, -0.1) is 0 Å². The van der Waals surface area contributed by atoms with Gasteiger partial charge in [0.05, 0.1) is 8.95 Å². The molecule has 0 amide bonds. The Morgan fingerprint density at radius 3 is 1.18 bits per heavy atom. The summed E-state index contributed by atoms with van der Waals surface area (Å²) in [7, 11) is 0. The van der Waals surface area contributed by atoms with Crippen LogP contribution in [-0.4, -0.2) is 0 Å². The van der Waals surface area contributed by atoms with E-state index in [0.717, 1.165) is 0 Å². The van der Waals surface area contributed by atoms with Crippen molar-refractivity contribution in [2.45, 2.75) is 0 Å². The zero-order chi connectivity index (χ0) is 16.9. The van der Waals surface area contributed by atoms with E-state index in [1.54, 1.807) is 0 Å². The van der Waals surface area contributed by atoms with Gasteiger partial charge in [0.2, 0.25) is 0 Å². The molecule has 0 radical (unpaired) electrons. The first-order chi connectivity index (χ1) is 10.1. The summed E-state index contributed by atoms with van der Waals surface area (Å²) in [5.74, 6) is -13.7. The summed E-state index contributed by atoms with van der Waals surface area (Å²) in [6, 6.07) is 0. The van der Waals surface area contributed by atoms with Crippen LogP contribution >= 0.6 is 47.8 Å². The van der Waals surface area contributed by atoms with Gasteiger partial charge in [0.25, 0.3) is 0 Å². The van der Waals surface area contributed by atoms with Crippen LogP contribution in [0.25, 0.3) is 11.1 Å². The minimum atomic E-state index is -2.22. The minimum absolute atomic E-state index is 0.547. The van der Waals surface area contributed by atoms with Crippen LogP contribution in [-0.2, 0) is 0 Å². The molecule has 0 fully saturated rings. The summed E-state index contributed by atoms with van der Waals surface area (Å²) in [5.41, 5.74) is -2.16. The zero-order valence-corrected chi connectivity index (χ0v) is 14.5. The van der Waals surface area contributed by atoms with Crippen LogP contribution in [0.15, 0.2) is 13.4 Å². The fourth-order valence-corrected chi connectivity index (χ4v) is 3.11. The summed E-state index contributed by atoms with van der Waals surface area (Å²) in [6.45, 7) is 0. The summed E-state index contributed by atoms with van der Waals surface area (Å²) < 4.78 is 92.4. The third-order valence-corrected chi connectivity index (χ3v) is 5.48. The van der Waals surface area contributed by atoms with Crippen LogP contribution in [0.2, 0.25) is 0 Å². The Balaban J connectivity index is 3.03. The Morgan fingerprint density at radius 1 is 0.364 bits per heavy atom. The van der Waals surface area contributed by atoms with Crippen molar-refractivity contribution in [1.82, 2.24) is 0 Å². The van der Waals surface area contributed by atoms with E-state index in [0.29, 0.717) is 0 Å². The predicted molar refractivity (Wildman–Crippen MR) is 74.7 cm³/mol. The van der Waals surface area contributed by atoms with Crippen molar-refractivity contribution in [3.05, 3.63) is 54.1 Å². The SMILES string of the molecule is Fc1c(F)c(F)c(-c2c(F)c(F)c(F)c(Br)c2Br)c(Br)c1F. The second kappa shape index (κ2) is 6.12. The summed E-state index contributed by atoms with van der Waals surface area (Å²) in [5, 5.41) is 0. The molecule has 0 aromatic heterocycles. The molecule has 0 aliphatic heterocycles. The Morgan fingerprint density at radius 2 is 0.682 bits per heavy atom. The topological polar surface area (TPSA) is 0 Å². The third kappa shape index (κ3) is 2.48. The van der Waals surface area contributed by atoms with E-state index in [4.69, 9.17) is 0 Å². The van der Waals surface area contributed by atoms with Crippen molar-refractivity contribution in [3.63, 3.8) is 0 Å². The number of halogens is 10. The quantitative estimate of drug-likeness (QED) is 0.227. The average molecular weight is 517 g/mol. The van der Waals surface area contributed by atoms with Gasteiger partial charge < -0.3 is 0 Å². The molecule has 0 saturated carbocycles. The standard InChI is InChI=1S/C12Br3F7/c13-3-1(6(16)10(20)9(19)5(3)15)2-4(14)8(18)12(22)11(21)7(2)17. The molecule has 2 aromatic rings. The molecular formula is C12Br3F7. The second-order valence-electron chi connectivity index (χ2n) is 3.89. The molecule has 0 unspecified atom stereocenters. The van der Waals surface area contributed by atoms with E-state index in [-0.39, 0.29) is 0 Å². The van der Waals surface area contributed by atoms with Gasteiger partial charge in [-0.3, -0.25) is 0 Å². The van der Waals surface area contributed by atoms with E-state index in [9.17, 15) is 30.7 Å². The van der Waals surface area contributed by atoms with Gasteiger partial charge in [0, 0.05) is 15.6 Å². The Bertz CT molecular complexity index is 679. The maximum Gasteiger partial charge on any atom is 0.198 e. The van der Waals surface area contributed by atoms with E-state index in [2.05, 4.69) is 47.8 Å². The Hall–Kier alpha value is -0.610. The van der Waals surface area contributed by atoms with Gasteiger partial charge in [-0.2, -0.15) is 0 Å². The summed E-state index contributed by atoms with van der Waals surface area (Å²) in [6.07, 6.45) is 0. The maximum absolute atomic E-state index is 13.9. The highest BCUT2D eigenvalue weighted by Gasteiger charge is 2.31. The fourth-order valence-electron chi connectivity index (χ4n) is 1.65. The first-order valence-electron chi connectivity index (χ1n) is 5.14. The van der Waals surface area contributed by atoms with Crippen LogP contribution in [0.3, 0.4) is 0 Å². The van der Waals surface area contributed by atoms with Crippen molar-refractivity contribution in [2.75, 3.05) is 0 Å². The second-order valence-corrected chi connectivity index (χ2v) is 6.27. The highest BCUT2D eigenvalue weighted by atomic mass is 79.9. The van der Waals surface area contributed by atoms with Gasteiger partial charge in [-0.25, -0.2) is 30.7 Å². The molecule has 0 aliphatic rings. The van der Waals surface area contributed by atoms with Crippen LogP contribution in [0.4, 0.5) is 30.7 Å². The van der Waals surface area contributed by atoms with Gasteiger partial charge in [-0.05, 0) is 47.8 Å². The number of benzene rings is 2. The molecule has 0 spiro atoms. The molecule has 0 heterocycles. The van der Waals surface area contributed by atoms with Crippen molar-refractivity contribution in [1.29, 1.82) is 0 Å². The first kappa shape index (κ1) is 17.7. The summed E-state index contributed by atoms with van der Waals surface area (Å²) >= 11 is 7.70. The largest absolute Gasteiger partial charge is 0.203 e. The van der Waals surface area contributed by atoms with E-state index >= 15 is 0 Å². The molecular weight excluding hydrogens is 517 g/mol. The van der Waals surface area contributed by atoms with Crippen LogP contribution in [0.5, 0.6) is 0 Å². The monoisotopic (exact) mass is 514 g/mol. The molecule has 2 aromatic carbocycles. The highest BCUT2D eigenvalue weighted by molar-refractivity contribution is 9.13. The lowest BCUT2D eigenvalue weighted by atomic mass is 10.0. The van der Waals surface area contributed by atoms with Crippen LogP contribution in [0.1, 0.15) is 0 Å². The summed E-state index contributed by atoms with van der Waals surface area (Å²) in [4.78, 5) is 0. The fraction of sp³-hybridized carbons (Fsp3) is 0. The lowest BCUT2D eigenvalue weighted by molar-refractivity contribution is 0.407. The van der Waals surface area contributed by atoms with Crippen LogP contribution < -0.4 is 0 Å². The Labute approximate surface area is 143 Å². The van der Waals surface area contributed by atoms with Gasteiger partial charge >= 0.3 is 0 Å². The molecule has 0 bridgehead atoms. The number of hydrogen-bond donors (Lipinski definition) is 0. The average Bonchev–Trinajstić information content (AvgIpc) is 2.50. The minimum Gasteiger partial charge on any atom is -0.203 e. The zero-order valence-electron chi connectivity index (χ0n) is 9.78. The molecule has 0 N–H and O–H groups in total. The molecule has 22 heavy (non-hydrogen) atoms. The maximum atomic E-state index is 13.9. The molecule has 0 atom stereocenters. The highest BCUT2D eigenvalue weighted by Crippen LogP contribution is 2.44. The third-order valence-electron chi connectivity index (χ3n) is 2.67. The lowest BCUT2D eigenvalue weighted by Crippen LogP contribution is -2.05. The molecule has 0 nitrogen and oxygen atoms in total. The van der Waals surface area contributed by atoms with Crippen molar-refractivity contribution in [2.24, 2.45) is 0 Å². The molecule has 0 saturated heterocycles. The van der Waals surface area contributed by atoms with Crippen molar-refractivity contribution >= 4 is 47.8 Å². The molecule has 2 rings (SSSR count). The van der Waals surface area contributed by atoms with Gasteiger partial charge in [0.1, 0.15) is 0 Å². The van der Waals surface area contributed by atoms with Crippen molar-refractivity contribution in [3.8, 4) is 11.1 Å². The van der Waals surface area contributed by atoms with Crippen LogP contribution in [0, 0.1) is 40.7 Å². The smallest absolute Gasteiger partial charge is 0.198 e.